The molecule has 1 aliphatic rings. The first-order valence-corrected chi connectivity index (χ1v) is 12.6. The van der Waals surface area contributed by atoms with Gasteiger partial charge in [0, 0.05) is 30.1 Å². The van der Waals surface area contributed by atoms with Crippen LogP contribution in [0.25, 0.3) is 11.4 Å². The molecular formula is C27H31ClN4O3. The topological polar surface area (TPSA) is 79.5 Å². The van der Waals surface area contributed by atoms with Crippen molar-refractivity contribution >= 4 is 23.4 Å². The summed E-state index contributed by atoms with van der Waals surface area (Å²) in [6.07, 6.45) is 4.48. The van der Waals surface area contributed by atoms with Gasteiger partial charge >= 0.3 is 0 Å². The molecule has 184 valence electrons. The summed E-state index contributed by atoms with van der Waals surface area (Å²) in [6.45, 7) is 3.25. The molecule has 1 aromatic heterocycles. The maximum atomic E-state index is 13.4. The van der Waals surface area contributed by atoms with Crippen LogP contribution in [0.1, 0.15) is 56.5 Å². The van der Waals surface area contributed by atoms with Crippen LogP contribution in [0.15, 0.2) is 59.1 Å². The highest BCUT2D eigenvalue weighted by atomic mass is 35.5. The predicted octanol–water partition coefficient (Wildman–Crippen LogP) is 5.32. The Hall–Kier alpha value is -3.19. The van der Waals surface area contributed by atoms with E-state index < -0.39 is 0 Å². The van der Waals surface area contributed by atoms with E-state index in [9.17, 15) is 9.59 Å². The Morgan fingerprint density at radius 3 is 2.63 bits per heavy atom. The summed E-state index contributed by atoms with van der Waals surface area (Å²) in [7, 11) is 0. The van der Waals surface area contributed by atoms with Crippen molar-refractivity contribution in [1.29, 1.82) is 0 Å². The van der Waals surface area contributed by atoms with Crippen LogP contribution in [-0.2, 0) is 16.0 Å². The fourth-order valence-corrected chi connectivity index (χ4v) is 4.57. The number of rotatable bonds is 9. The number of piperidine rings is 1. The molecule has 2 heterocycles. The Morgan fingerprint density at radius 2 is 1.89 bits per heavy atom. The Labute approximate surface area is 211 Å². The van der Waals surface area contributed by atoms with Crippen molar-refractivity contribution in [2.24, 2.45) is 0 Å². The zero-order chi connectivity index (χ0) is 24.6. The molecule has 2 aromatic carbocycles. The van der Waals surface area contributed by atoms with Crippen LogP contribution in [0.4, 0.5) is 0 Å². The number of likely N-dealkylation sites (tertiary alicyclic amines) is 1. The van der Waals surface area contributed by atoms with E-state index in [-0.39, 0.29) is 24.4 Å². The smallest absolute Gasteiger partial charge is 0.249 e. The quantitative estimate of drug-likeness (QED) is 0.402. The van der Waals surface area contributed by atoms with Crippen LogP contribution < -0.4 is 0 Å². The van der Waals surface area contributed by atoms with Gasteiger partial charge in [-0.15, -0.1) is 0 Å². The molecule has 1 atom stereocenters. The average Bonchev–Trinajstić information content (AvgIpc) is 3.38. The molecule has 8 heteroatoms. The minimum Gasteiger partial charge on any atom is -0.337 e. The van der Waals surface area contributed by atoms with Gasteiger partial charge in [0.1, 0.15) is 6.04 Å². The molecular weight excluding hydrogens is 464 g/mol. The van der Waals surface area contributed by atoms with Gasteiger partial charge in [-0.05, 0) is 61.9 Å². The standard InChI is InChI=1S/C27H31ClN4O3/c1-2-17-31(24(33)16-11-20-8-4-3-5-9-20)19-25(34)32-18-7-6-10-23(32)27-29-26(30-35-27)21-12-14-22(28)15-13-21/h3-5,8-9,12-15,23H,2,6-7,10-11,16-19H2,1H3. The van der Waals surface area contributed by atoms with Gasteiger partial charge in [0.25, 0.3) is 0 Å². The Kier molecular flexibility index (Phi) is 8.53. The normalized spacial score (nSPS) is 15.7. The number of carbonyl (C=O) groups excluding carboxylic acids is 2. The van der Waals surface area contributed by atoms with E-state index in [2.05, 4.69) is 10.1 Å². The summed E-state index contributed by atoms with van der Waals surface area (Å²) in [4.78, 5) is 34.4. The number of aryl methyl sites for hydroxylation is 1. The van der Waals surface area contributed by atoms with E-state index in [0.29, 0.717) is 42.7 Å². The minimum absolute atomic E-state index is 0.000396. The molecule has 1 saturated heterocycles. The molecule has 0 aliphatic carbocycles. The lowest BCUT2D eigenvalue weighted by atomic mass is 10.0. The van der Waals surface area contributed by atoms with Crippen molar-refractivity contribution < 1.29 is 14.1 Å². The molecule has 3 aromatic rings. The lowest BCUT2D eigenvalue weighted by molar-refractivity contribution is -0.143. The van der Waals surface area contributed by atoms with Crippen LogP contribution in [0.5, 0.6) is 0 Å². The minimum atomic E-state index is -0.285. The van der Waals surface area contributed by atoms with Crippen molar-refractivity contribution in [3.8, 4) is 11.4 Å². The van der Waals surface area contributed by atoms with Gasteiger partial charge in [-0.3, -0.25) is 9.59 Å². The van der Waals surface area contributed by atoms with Crippen LogP contribution >= 0.6 is 11.6 Å². The predicted molar refractivity (Wildman–Crippen MR) is 135 cm³/mol. The molecule has 0 bridgehead atoms. The summed E-state index contributed by atoms with van der Waals surface area (Å²) >= 11 is 5.98. The zero-order valence-electron chi connectivity index (χ0n) is 20.0. The van der Waals surface area contributed by atoms with E-state index in [1.165, 1.54) is 0 Å². The number of carbonyl (C=O) groups is 2. The van der Waals surface area contributed by atoms with Crippen LogP contribution in [-0.4, -0.2) is 51.4 Å². The second-order valence-corrected chi connectivity index (χ2v) is 9.30. The Morgan fingerprint density at radius 1 is 1.11 bits per heavy atom. The third kappa shape index (κ3) is 6.48. The number of nitrogens with zero attached hydrogens (tertiary/aromatic N) is 4. The first-order chi connectivity index (χ1) is 17.0. The molecule has 35 heavy (non-hydrogen) atoms. The average molecular weight is 495 g/mol. The third-order valence-corrected chi connectivity index (χ3v) is 6.55. The summed E-state index contributed by atoms with van der Waals surface area (Å²) in [6, 6.07) is 16.9. The highest BCUT2D eigenvalue weighted by Gasteiger charge is 2.33. The molecule has 0 N–H and O–H groups in total. The van der Waals surface area contributed by atoms with Gasteiger partial charge in [0.2, 0.25) is 23.5 Å². The van der Waals surface area contributed by atoms with Crippen LogP contribution in [0.2, 0.25) is 5.02 Å². The number of halogens is 1. The molecule has 7 nitrogen and oxygen atoms in total. The second kappa shape index (κ2) is 12.0. The molecule has 4 rings (SSSR count). The van der Waals surface area contributed by atoms with Gasteiger partial charge in [-0.2, -0.15) is 4.98 Å². The van der Waals surface area contributed by atoms with E-state index in [1.54, 1.807) is 21.9 Å². The largest absolute Gasteiger partial charge is 0.337 e. The fraction of sp³-hybridized carbons (Fsp3) is 0.407. The van der Waals surface area contributed by atoms with Crippen LogP contribution in [0, 0.1) is 0 Å². The second-order valence-electron chi connectivity index (χ2n) is 8.86. The lowest BCUT2D eigenvalue weighted by Gasteiger charge is -2.35. The molecule has 0 radical (unpaired) electrons. The maximum absolute atomic E-state index is 13.4. The summed E-state index contributed by atoms with van der Waals surface area (Å²) in [5, 5.41) is 4.76. The summed E-state index contributed by atoms with van der Waals surface area (Å²) in [5.74, 6) is 0.821. The van der Waals surface area contributed by atoms with Gasteiger partial charge in [0.05, 0.1) is 6.54 Å². The van der Waals surface area contributed by atoms with Gasteiger partial charge in [-0.1, -0.05) is 54.0 Å². The Bertz CT molecular complexity index is 1120. The number of amides is 2. The van der Waals surface area contributed by atoms with E-state index >= 15 is 0 Å². The summed E-state index contributed by atoms with van der Waals surface area (Å²) < 4.78 is 5.59. The van der Waals surface area contributed by atoms with E-state index in [1.807, 2.05) is 49.4 Å². The van der Waals surface area contributed by atoms with Crippen molar-refractivity contribution in [1.82, 2.24) is 19.9 Å². The maximum Gasteiger partial charge on any atom is 0.249 e. The summed E-state index contributed by atoms with van der Waals surface area (Å²) in [5.41, 5.74) is 1.92. The van der Waals surface area contributed by atoms with Crippen LogP contribution in [0.3, 0.4) is 0 Å². The lowest BCUT2D eigenvalue weighted by Crippen LogP contribution is -2.46. The first-order valence-electron chi connectivity index (χ1n) is 12.3. The molecule has 1 aliphatic heterocycles. The SMILES string of the molecule is CCCN(CC(=O)N1CCCCC1c1nc(-c2ccc(Cl)cc2)no1)C(=O)CCc1ccccc1. The van der Waals surface area contributed by atoms with E-state index in [0.717, 1.165) is 36.8 Å². The highest BCUT2D eigenvalue weighted by Crippen LogP contribution is 2.31. The van der Waals surface area contributed by atoms with Crippen molar-refractivity contribution in [3.05, 3.63) is 71.1 Å². The van der Waals surface area contributed by atoms with Gasteiger partial charge in [-0.25, -0.2) is 0 Å². The molecule has 2 amide bonds. The van der Waals surface area contributed by atoms with Crippen molar-refractivity contribution in [3.63, 3.8) is 0 Å². The van der Waals surface area contributed by atoms with E-state index in [4.69, 9.17) is 16.1 Å². The van der Waals surface area contributed by atoms with Gasteiger partial charge in [0.15, 0.2) is 0 Å². The number of hydrogen-bond donors (Lipinski definition) is 0. The molecule has 0 spiro atoms. The first kappa shape index (κ1) is 24.9. The zero-order valence-corrected chi connectivity index (χ0v) is 20.8. The third-order valence-electron chi connectivity index (χ3n) is 6.30. The molecule has 0 saturated carbocycles. The number of hydrogen-bond acceptors (Lipinski definition) is 5. The molecule has 1 fully saturated rings. The fourth-order valence-electron chi connectivity index (χ4n) is 4.44. The highest BCUT2D eigenvalue weighted by molar-refractivity contribution is 6.30. The van der Waals surface area contributed by atoms with Crippen molar-refractivity contribution in [2.75, 3.05) is 19.6 Å². The monoisotopic (exact) mass is 494 g/mol. The number of aromatic nitrogens is 2. The number of benzene rings is 2. The van der Waals surface area contributed by atoms with Gasteiger partial charge < -0.3 is 14.3 Å². The van der Waals surface area contributed by atoms with Crippen molar-refractivity contribution in [2.45, 2.75) is 51.5 Å². The molecule has 1 unspecified atom stereocenters. The Balaban J connectivity index is 1.43.